The quantitative estimate of drug-likeness (QED) is 0.267. The van der Waals surface area contributed by atoms with E-state index in [0.717, 1.165) is 15.6 Å². The lowest BCUT2D eigenvalue weighted by Crippen LogP contribution is -1.95. The van der Waals surface area contributed by atoms with Gasteiger partial charge in [-0.1, -0.05) is 6.07 Å². The largest absolute Gasteiger partial charge is 0.507 e. The number of hydrogen-bond acceptors (Lipinski definition) is 6. The van der Waals surface area contributed by atoms with Gasteiger partial charge in [0, 0.05) is 15.2 Å². The number of rotatable bonds is 5. The molecule has 1 aromatic heterocycles. The summed E-state index contributed by atoms with van der Waals surface area (Å²) in [5.74, 6) is 0.675. The number of phenols is 2. The highest BCUT2D eigenvalue weighted by atomic mass is 79.9. The van der Waals surface area contributed by atoms with Crippen molar-refractivity contribution in [1.29, 1.82) is 0 Å². The first-order chi connectivity index (χ1) is 14.9. The third kappa shape index (κ3) is 4.31. The molecule has 0 saturated heterocycles. The van der Waals surface area contributed by atoms with Crippen LogP contribution in [0.4, 0.5) is 5.69 Å². The predicted octanol–water partition coefficient (Wildman–Crippen LogP) is 6.89. The highest BCUT2D eigenvalue weighted by molar-refractivity contribution is 9.13. The lowest BCUT2D eigenvalue weighted by atomic mass is 10.1. The maximum absolute atomic E-state index is 10.6. The maximum atomic E-state index is 10.6. The molecule has 0 aliphatic heterocycles. The average Bonchev–Trinajstić information content (AvgIpc) is 3.16. The van der Waals surface area contributed by atoms with Gasteiger partial charge in [0.05, 0.1) is 23.4 Å². The number of nitrogens with zero attached hydrogens (tertiary/aromatic N) is 2. The minimum absolute atomic E-state index is 0.0194. The van der Waals surface area contributed by atoms with Gasteiger partial charge in [0.25, 0.3) is 0 Å². The number of benzene rings is 3. The Morgan fingerprint density at radius 3 is 2.71 bits per heavy atom. The number of oxazole rings is 1. The Bertz CT molecular complexity index is 1310. The van der Waals surface area contributed by atoms with Crippen LogP contribution >= 0.6 is 31.9 Å². The van der Waals surface area contributed by atoms with Crippen LogP contribution in [0.3, 0.4) is 0 Å². The van der Waals surface area contributed by atoms with Crippen LogP contribution in [0, 0.1) is 6.92 Å². The molecule has 158 valence electrons. The highest BCUT2D eigenvalue weighted by Gasteiger charge is 2.16. The number of fused-ring (bicyclic) bond motifs is 1. The summed E-state index contributed by atoms with van der Waals surface area (Å²) in [5, 5.41) is 20.9. The van der Waals surface area contributed by atoms with E-state index in [1.54, 1.807) is 18.2 Å². The van der Waals surface area contributed by atoms with Gasteiger partial charge >= 0.3 is 0 Å². The summed E-state index contributed by atoms with van der Waals surface area (Å²) in [7, 11) is 0. The number of ether oxygens (including phenoxy) is 1. The fourth-order valence-corrected chi connectivity index (χ4v) is 3.89. The molecule has 0 bridgehead atoms. The second-order valence-electron chi connectivity index (χ2n) is 6.82. The zero-order valence-corrected chi connectivity index (χ0v) is 19.9. The van der Waals surface area contributed by atoms with Crippen LogP contribution in [0.15, 0.2) is 60.8 Å². The summed E-state index contributed by atoms with van der Waals surface area (Å²) in [5.41, 5.74) is 3.87. The SMILES string of the molecule is CCOc1cc(Br)c(Br)c(C=Nc2ccc(O)c(-c3nc4cc(C)ccc4o3)c2)c1O. The van der Waals surface area contributed by atoms with Gasteiger partial charge in [0.2, 0.25) is 5.89 Å². The minimum Gasteiger partial charge on any atom is -0.507 e. The molecule has 0 atom stereocenters. The molecule has 2 N–H and O–H groups in total. The third-order valence-electron chi connectivity index (χ3n) is 4.59. The standard InChI is InChI=1S/C23H18Br2N2O4/c1-3-30-20-10-16(24)21(25)15(22(20)29)11-26-13-5-6-18(28)14(9-13)23-27-17-8-12(2)4-7-19(17)31-23/h4-11,28-29H,3H2,1-2H3. The van der Waals surface area contributed by atoms with Crippen molar-refractivity contribution in [1.82, 2.24) is 4.98 Å². The van der Waals surface area contributed by atoms with Gasteiger partial charge in [0.15, 0.2) is 17.1 Å². The smallest absolute Gasteiger partial charge is 0.231 e. The molecule has 0 unspecified atom stereocenters. The van der Waals surface area contributed by atoms with Crippen LogP contribution in [0.2, 0.25) is 0 Å². The molecule has 4 rings (SSSR count). The Hall–Kier alpha value is -2.84. The second kappa shape index (κ2) is 8.72. The first-order valence-electron chi connectivity index (χ1n) is 9.45. The summed E-state index contributed by atoms with van der Waals surface area (Å²) < 4.78 is 12.7. The van der Waals surface area contributed by atoms with Crippen molar-refractivity contribution < 1.29 is 19.4 Å². The van der Waals surface area contributed by atoms with Gasteiger partial charge in [0.1, 0.15) is 11.3 Å². The highest BCUT2D eigenvalue weighted by Crippen LogP contribution is 2.40. The monoisotopic (exact) mass is 544 g/mol. The molecule has 0 aliphatic rings. The zero-order chi connectivity index (χ0) is 22.1. The number of aliphatic imine (C=N–C) groups is 1. The van der Waals surface area contributed by atoms with Gasteiger partial charge in [-0.3, -0.25) is 4.99 Å². The summed E-state index contributed by atoms with van der Waals surface area (Å²) in [6.45, 7) is 4.24. The molecule has 0 aliphatic carbocycles. The predicted molar refractivity (Wildman–Crippen MR) is 128 cm³/mol. The molecule has 6 nitrogen and oxygen atoms in total. The summed E-state index contributed by atoms with van der Waals surface area (Å²) in [6.07, 6.45) is 1.53. The van der Waals surface area contributed by atoms with Gasteiger partial charge in [-0.2, -0.15) is 0 Å². The Labute approximate surface area is 195 Å². The van der Waals surface area contributed by atoms with Crippen LogP contribution in [0.5, 0.6) is 17.2 Å². The number of phenolic OH excluding ortho intramolecular Hbond substituents is 2. The van der Waals surface area contributed by atoms with E-state index < -0.39 is 0 Å². The van der Waals surface area contributed by atoms with E-state index in [0.29, 0.717) is 45.1 Å². The van der Waals surface area contributed by atoms with Crippen LogP contribution in [-0.2, 0) is 0 Å². The second-order valence-corrected chi connectivity index (χ2v) is 8.46. The molecule has 0 radical (unpaired) electrons. The molecule has 0 saturated carbocycles. The van der Waals surface area contributed by atoms with Crippen LogP contribution in [0.25, 0.3) is 22.6 Å². The Kier molecular flexibility index (Phi) is 6.02. The summed E-state index contributed by atoms with van der Waals surface area (Å²) >= 11 is 6.91. The Morgan fingerprint density at radius 1 is 1.13 bits per heavy atom. The zero-order valence-electron chi connectivity index (χ0n) is 16.7. The molecular weight excluding hydrogens is 528 g/mol. The van der Waals surface area contributed by atoms with E-state index in [9.17, 15) is 10.2 Å². The number of aromatic nitrogens is 1. The summed E-state index contributed by atoms with van der Waals surface area (Å²) in [4.78, 5) is 8.95. The number of halogens is 2. The number of aryl methyl sites for hydroxylation is 1. The first-order valence-corrected chi connectivity index (χ1v) is 11.0. The van der Waals surface area contributed by atoms with E-state index in [-0.39, 0.29) is 11.5 Å². The molecule has 31 heavy (non-hydrogen) atoms. The van der Waals surface area contributed by atoms with E-state index in [1.807, 2.05) is 32.0 Å². The molecule has 3 aromatic carbocycles. The molecule has 0 fully saturated rings. The van der Waals surface area contributed by atoms with Crippen LogP contribution in [0.1, 0.15) is 18.1 Å². The topological polar surface area (TPSA) is 88.1 Å². The van der Waals surface area contributed by atoms with E-state index in [2.05, 4.69) is 41.8 Å². The molecule has 4 aromatic rings. The Morgan fingerprint density at radius 2 is 1.94 bits per heavy atom. The fourth-order valence-electron chi connectivity index (χ4n) is 3.06. The first kappa shape index (κ1) is 21.4. The normalized spacial score (nSPS) is 11.5. The van der Waals surface area contributed by atoms with Crippen molar-refractivity contribution >= 4 is 54.9 Å². The van der Waals surface area contributed by atoms with Gasteiger partial charge in [-0.25, -0.2) is 4.98 Å². The lowest BCUT2D eigenvalue weighted by Gasteiger charge is -2.11. The third-order valence-corrected chi connectivity index (χ3v) is 6.60. The van der Waals surface area contributed by atoms with E-state index in [1.165, 1.54) is 12.3 Å². The molecule has 0 amide bonds. The maximum Gasteiger partial charge on any atom is 0.231 e. The average molecular weight is 546 g/mol. The van der Waals surface area contributed by atoms with Crippen LogP contribution < -0.4 is 4.74 Å². The molecule has 0 spiro atoms. The molecule has 1 heterocycles. The fraction of sp³-hybridized carbons (Fsp3) is 0.130. The van der Waals surface area contributed by atoms with Gasteiger partial charge in [-0.05, 0) is 87.7 Å². The number of hydrogen-bond donors (Lipinski definition) is 2. The van der Waals surface area contributed by atoms with Crippen LogP contribution in [-0.4, -0.2) is 28.0 Å². The van der Waals surface area contributed by atoms with E-state index in [4.69, 9.17) is 9.15 Å². The van der Waals surface area contributed by atoms with Crippen molar-refractivity contribution in [3.63, 3.8) is 0 Å². The minimum atomic E-state index is -0.0194. The van der Waals surface area contributed by atoms with Crippen molar-refractivity contribution in [2.24, 2.45) is 4.99 Å². The number of aromatic hydroxyl groups is 2. The Balaban J connectivity index is 1.73. The molecular formula is C23H18Br2N2O4. The van der Waals surface area contributed by atoms with Crippen molar-refractivity contribution in [2.45, 2.75) is 13.8 Å². The lowest BCUT2D eigenvalue weighted by molar-refractivity contribution is 0.317. The molecule has 8 heteroatoms. The van der Waals surface area contributed by atoms with Crippen molar-refractivity contribution in [2.75, 3.05) is 6.61 Å². The van der Waals surface area contributed by atoms with Gasteiger partial charge in [-0.15, -0.1) is 0 Å². The van der Waals surface area contributed by atoms with Crippen molar-refractivity contribution in [3.05, 3.63) is 62.5 Å². The summed E-state index contributed by atoms with van der Waals surface area (Å²) in [6, 6.07) is 12.3. The van der Waals surface area contributed by atoms with Gasteiger partial charge < -0.3 is 19.4 Å². The van der Waals surface area contributed by atoms with Crippen molar-refractivity contribution in [3.8, 4) is 28.7 Å². The van der Waals surface area contributed by atoms with E-state index >= 15 is 0 Å².